The maximum Gasteiger partial charge on any atom is 0.410 e. The Morgan fingerprint density at radius 2 is 2.20 bits per heavy atom. The summed E-state index contributed by atoms with van der Waals surface area (Å²) in [7, 11) is 1.70. The number of nitrogens with zero attached hydrogens (tertiary/aromatic N) is 2. The second kappa shape index (κ2) is 7.24. The standard InChI is InChI=1S/C15H24N2O3/c1-15(2,3)20-14(19)17(4)10-6-8-13(18)12-7-5-9-16-11-12/h5,7,9,11,13,18H,6,8,10H2,1-4H3/t13-/m1/s1. The van der Waals surface area contributed by atoms with Gasteiger partial charge in [-0.25, -0.2) is 4.79 Å². The van der Waals surface area contributed by atoms with Crippen molar-refractivity contribution in [2.45, 2.75) is 45.3 Å². The third kappa shape index (κ3) is 6.02. The fourth-order valence-corrected chi connectivity index (χ4v) is 1.69. The highest BCUT2D eigenvalue weighted by atomic mass is 16.6. The Bertz CT molecular complexity index is 415. The third-order valence-electron chi connectivity index (χ3n) is 2.75. The predicted octanol–water partition coefficient (Wildman–Crippen LogP) is 2.76. The Morgan fingerprint density at radius 3 is 2.75 bits per heavy atom. The first-order valence-corrected chi connectivity index (χ1v) is 6.81. The van der Waals surface area contributed by atoms with Crippen molar-refractivity contribution >= 4 is 6.09 Å². The van der Waals surface area contributed by atoms with Crippen LogP contribution in [-0.2, 0) is 4.74 Å². The Kier molecular flexibility index (Phi) is 5.95. The highest BCUT2D eigenvalue weighted by Gasteiger charge is 2.19. The van der Waals surface area contributed by atoms with Crippen molar-refractivity contribution in [1.82, 2.24) is 9.88 Å². The minimum atomic E-state index is -0.546. The highest BCUT2D eigenvalue weighted by Crippen LogP contribution is 2.17. The molecule has 1 amide bonds. The molecule has 0 aliphatic carbocycles. The molecule has 0 spiro atoms. The van der Waals surface area contributed by atoms with Gasteiger partial charge < -0.3 is 14.7 Å². The van der Waals surface area contributed by atoms with Crippen molar-refractivity contribution in [2.75, 3.05) is 13.6 Å². The SMILES string of the molecule is CN(CCC[C@@H](O)c1cccnc1)C(=O)OC(C)(C)C. The smallest absolute Gasteiger partial charge is 0.410 e. The van der Waals surface area contributed by atoms with Gasteiger partial charge in [0.2, 0.25) is 0 Å². The van der Waals surface area contributed by atoms with Crippen LogP contribution in [0, 0.1) is 0 Å². The van der Waals surface area contributed by atoms with Gasteiger partial charge in [0.25, 0.3) is 0 Å². The van der Waals surface area contributed by atoms with Gasteiger partial charge in [0.15, 0.2) is 0 Å². The Morgan fingerprint density at radius 1 is 1.50 bits per heavy atom. The first-order valence-electron chi connectivity index (χ1n) is 6.81. The zero-order chi connectivity index (χ0) is 15.2. The lowest BCUT2D eigenvalue weighted by atomic mass is 10.1. The number of rotatable bonds is 5. The van der Waals surface area contributed by atoms with E-state index in [1.165, 1.54) is 4.90 Å². The van der Waals surface area contributed by atoms with E-state index in [1.54, 1.807) is 25.5 Å². The van der Waals surface area contributed by atoms with Crippen molar-refractivity contribution in [1.29, 1.82) is 0 Å². The van der Waals surface area contributed by atoms with Crippen LogP contribution in [0.1, 0.15) is 45.3 Å². The van der Waals surface area contributed by atoms with Gasteiger partial charge in [0.05, 0.1) is 6.10 Å². The molecule has 20 heavy (non-hydrogen) atoms. The van der Waals surface area contributed by atoms with Gasteiger partial charge in [0.1, 0.15) is 5.60 Å². The zero-order valence-electron chi connectivity index (χ0n) is 12.7. The van der Waals surface area contributed by atoms with Crippen LogP contribution < -0.4 is 0 Å². The van der Waals surface area contributed by atoms with Crippen molar-refractivity contribution in [3.8, 4) is 0 Å². The lowest BCUT2D eigenvalue weighted by Gasteiger charge is -2.24. The fourth-order valence-electron chi connectivity index (χ4n) is 1.69. The molecule has 0 aliphatic heterocycles. The van der Waals surface area contributed by atoms with E-state index in [4.69, 9.17) is 4.74 Å². The van der Waals surface area contributed by atoms with Crippen LogP contribution in [0.15, 0.2) is 24.5 Å². The number of ether oxygens (including phenoxy) is 1. The molecule has 0 unspecified atom stereocenters. The molecule has 0 saturated carbocycles. The summed E-state index contributed by atoms with van der Waals surface area (Å²) < 4.78 is 5.26. The summed E-state index contributed by atoms with van der Waals surface area (Å²) in [6.45, 7) is 6.06. The second-order valence-corrected chi connectivity index (χ2v) is 5.85. The molecule has 1 N–H and O–H groups in total. The first-order chi connectivity index (χ1) is 9.29. The van der Waals surface area contributed by atoms with E-state index in [2.05, 4.69) is 4.98 Å². The van der Waals surface area contributed by atoms with Crippen LogP contribution in [0.2, 0.25) is 0 Å². The molecule has 1 rings (SSSR count). The van der Waals surface area contributed by atoms with E-state index in [1.807, 2.05) is 26.8 Å². The highest BCUT2D eigenvalue weighted by molar-refractivity contribution is 5.67. The topological polar surface area (TPSA) is 62.7 Å². The van der Waals surface area contributed by atoms with Gasteiger partial charge in [-0.3, -0.25) is 4.98 Å². The van der Waals surface area contributed by atoms with E-state index < -0.39 is 11.7 Å². The number of aromatic nitrogens is 1. The maximum absolute atomic E-state index is 11.7. The predicted molar refractivity (Wildman–Crippen MR) is 77.3 cm³/mol. The van der Waals surface area contributed by atoms with E-state index in [-0.39, 0.29) is 6.09 Å². The average Bonchev–Trinajstić information content (AvgIpc) is 2.37. The summed E-state index contributed by atoms with van der Waals surface area (Å²) in [5.41, 5.74) is 0.313. The minimum absolute atomic E-state index is 0.339. The lowest BCUT2D eigenvalue weighted by molar-refractivity contribution is 0.0289. The summed E-state index contributed by atoms with van der Waals surface area (Å²) in [6, 6.07) is 3.64. The monoisotopic (exact) mass is 280 g/mol. The molecule has 0 bridgehead atoms. The van der Waals surface area contributed by atoms with Gasteiger partial charge in [-0.05, 0) is 45.2 Å². The number of amides is 1. The Hall–Kier alpha value is -1.62. The zero-order valence-corrected chi connectivity index (χ0v) is 12.7. The quantitative estimate of drug-likeness (QED) is 0.901. The van der Waals surface area contributed by atoms with Gasteiger partial charge in [-0.15, -0.1) is 0 Å². The molecule has 0 radical (unpaired) electrons. The van der Waals surface area contributed by atoms with Crippen molar-refractivity contribution in [2.24, 2.45) is 0 Å². The minimum Gasteiger partial charge on any atom is -0.444 e. The number of hydrogen-bond donors (Lipinski definition) is 1. The number of hydrogen-bond acceptors (Lipinski definition) is 4. The third-order valence-corrected chi connectivity index (χ3v) is 2.75. The lowest BCUT2D eigenvalue weighted by Crippen LogP contribution is -2.34. The summed E-state index contributed by atoms with van der Waals surface area (Å²) >= 11 is 0. The van der Waals surface area contributed by atoms with Crippen LogP contribution >= 0.6 is 0 Å². The molecule has 5 heteroatoms. The van der Waals surface area contributed by atoms with Gasteiger partial charge in [0, 0.05) is 26.0 Å². The summed E-state index contributed by atoms with van der Waals surface area (Å²) in [5, 5.41) is 9.98. The van der Waals surface area contributed by atoms with Crippen LogP contribution in [0.25, 0.3) is 0 Å². The summed E-state index contributed by atoms with van der Waals surface area (Å²) in [6.07, 6.45) is 3.73. The molecule has 5 nitrogen and oxygen atoms in total. The molecule has 1 aromatic rings. The van der Waals surface area contributed by atoms with Crippen LogP contribution in [0.3, 0.4) is 0 Å². The molecule has 1 atom stereocenters. The Balaban J connectivity index is 2.32. The Labute approximate surface area is 120 Å². The molecule has 1 aromatic heterocycles. The maximum atomic E-state index is 11.7. The molecular weight excluding hydrogens is 256 g/mol. The van der Waals surface area contributed by atoms with Gasteiger partial charge in [-0.1, -0.05) is 6.07 Å². The molecule has 112 valence electrons. The van der Waals surface area contributed by atoms with Crippen molar-refractivity contribution in [3.63, 3.8) is 0 Å². The molecular formula is C15H24N2O3. The fraction of sp³-hybridized carbons (Fsp3) is 0.600. The van der Waals surface area contributed by atoms with E-state index >= 15 is 0 Å². The van der Waals surface area contributed by atoms with E-state index in [9.17, 15) is 9.90 Å². The summed E-state index contributed by atoms with van der Waals surface area (Å²) in [4.78, 5) is 17.2. The van der Waals surface area contributed by atoms with E-state index in [0.29, 0.717) is 19.4 Å². The first kappa shape index (κ1) is 16.4. The van der Waals surface area contributed by atoms with Gasteiger partial charge >= 0.3 is 6.09 Å². The van der Waals surface area contributed by atoms with Crippen molar-refractivity contribution in [3.05, 3.63) is 30.1 Å². The number of aliphatic hydroxyl groups excluding tert-OH is 1. The number of carbonyl (C=O) groups excluding carboxylic acids is 1. The molecule has 0 aromatic carbocycles. The van der Waals surface area contributed by atoms with E-state index in [0.717, 1.165) is 5.56 Å². The summed E-state index contributed by atoms with van der Waals surface area (Å²) in [5.74, 6) is 0. The largest absolute Gasteiger partial charge is 0.444 e. The molecule has 0 fully saturated rings. The molecule has 1 heterocycles. The molecule has 0 saturated heterocycles. The number of carbonyl (C=O) groups is 1. The number of pyridine rings is 1. The number of aliphatic hydroxyl groups is 1. The molecule has 0 aliphatic rings. The van der Waals surface area contributed by atoms with Crippen LogP contribution in [0.5, 0.6) is 0 Å². The van der Waals surface area contributed by atoms with Gasteiger partial charge in [-0.2, -0.15) is 0 Å². The van der Waals surface area contributed by atoms with Crippen LogP contribution in [-0.4, -0.2) is 40.3 Å². The second-order valence-electron chi connectivity index (χ2n) is 5.85. The van der Waals surface area contributed by atoms with Crippen LogP contribution in [0.4, 0.5) is 4.79 Å². The average molecular weight is 280 g/mol. The van der Waals surface area contributed by atoms with Crippen molar-refractivity contribution < 1.29 is 14.6 Å². The normalized spacial score (nSPS) is 12.8.